The number of nitrogens with one attached hydrogen (secondary N) is 2. The molecule has 1 fully saturated rings. The molecule has 4 rings (SSSR count). The van der Waals surface area contributed by atoms with Crippen LogP contribution >= 0.6 is 0 Å². The Bertz CT molecular complexity index is 1860. The first-order valence-corrected chi connectivity index (χ1v) is 18.6. The van der Waals surface area contributed by atoms with E-state index in [9.17, 15) is 63.4 Å². The topological polar surface area (TPSA) is 241 Å². The number of β-lactam (4-membered cyclic amide) rings is 1. The second kappa shape index (κ2) is 17.8. The van der Waals surface area contributed by atoms with Crippen molar-refractivity contribution in [2.45, 2.75) is 71.6 Å². The summed E-state index contributed by atoms with van der Waals surface area (Å²) in [6.07, 6.45) is -0.235. The number of aliphatic carboxylic acids is 1. The highest BCUT2D eigenvalue weighted by Crippen LogP contribution is 2.47. The van der Waals surface area contributed by atoms with Crippen molar-refractivity contribution in [2.24, 2.45) is 17.8 Å². The van der Waals surface area contributed by atoms with Gasteiger partial charge in [0.15, 0.2) is 34.6 Å². The van der Waals surface area contributed by atoms with Gasteiger partial charge in [0.25, 0.3) is 11.8 Å². The molecule has 2 heterocycles. The molecular weight excluding hydrogens is 752 g/mol. The molecule has 2 aromatic carbocycles. The monoisotopic (exact) mass is 803 g/mol. The average molecular weight is 804 g/mol. The number of amides is 4. The number of aromatic hydroxyl groups is 4. The summed E-state index contributed by atoms with van der Waals surface area (Å²) in [5.41, 5.74) is -1.24. The molecule has 4 amide bonds. The number of halogens is 2. The molecule has 5 atom stereocenters. The molecule has 16 nitrogen and oxygen atoms in total. The van der Waals surface area contributed by atoms with E-state index in [1.807, 2.05) is 25.7 Å². The zero-order valence-electron chi connectivity index (χ0n) is 32.7. The number of hydrogen-bond acceptors (Lipinski definition) is 11. The van der Waals surface area contributed by atoms with Crippen LogP contribution in [0.1, 0.15) is 74.6 Å². The minimum Gasteiger partial charge on any atom is -0.504 e. The molecule has 0 aliphatic carbocycles. The van der Waals surface area contributed by atoms with Crippen molar-refractivity contribution in [3.8, 4) is 23.0 Å². The third kappa shape index (κ3) is 9.23. The van der Waals surface area contributed by atoms with Crippen LogP contribution in [-0.4, -0.2) is 132 Å². The minimum absolute atomic E-state index is 0.0116. The standard InChI is InChI=1S/C39H51F2N5O11/c1-19(17-39(4,5)44(6)18-24-20(2)30-27(21(3)47)37(55)46(30)31(24)38(56)57)36(54)45(15-7-13-42-34(52)22-9-11-25(48)32(50)28(22)40)16-8-14-43-35(53)23-10-12-26(49)33(51)29(23)41/h9-12,19-21,27,30,47-51H,7-8,13-18H2,1-6H3,(H,42,52)(H,43,53)(H,56,57)/t19?,20-,21+,27+,30+/m0/s1. The van der Waals surface area contributed by atoms with Gasteiger partial charge in [-0.25, -0.2) is 13.6 Å². The lowest BCUT2D eigenvalue weighted by molar-refractivity contribution is -0.163. The molecule has 2 aliphatic heterocycles. The largest absolute Gasteiger partial charge is 0.504 e. The number of benzene rings is 2. The number of nitrogens with zero attached hydrogens (tertiary/aromatic N) is 3. The minimum atomic E-state index is -1.30. The van der Waals surface area contributed by atoms with Crippen LogP contribution in [0.2, 0.25) is 0 Å². The lowest BCUT2D eigenvalue weighted by Crippen LogP contribution is -2.63. The first kappa shape index (κ1) is 44.2. The SMILES string of the molecule is CC(CC(C)(C)N(C)CC1=C(C(=O)O)N2C(=O)[C@H]([C@@H](C)O)[C@H]2[C@H]1C)C(=O)N(CCCNC(=O)c1ccc(O)c(O)c1F)CCCNC(=O)c1ccc(O)c(O)c1F. The third-order valence-electron chi connectivity index (χ3n) is 11.0. The quantitative estimate of drug-likeness (QED) is 0.0616. The second-order valence-electron chi connectivity index (χ2n) is 15.3. The maximum absolute atomic E-state index is 14.4. The van der Waals surface area contributed by atoms with Gasteiger partial charge in [0.1, 0.15) is 5.70 Å². The zero-order valence-corrected chi connectivity index (χ0v) is 32.7. The van der Waals surface area contributed by atoms with Gasteiger partial charge in [-0.1, -0.05) is 13.8 Å². The van der Waals surface area contributed by atoms with E-state index in [1.54, 1.807) is 14.0 Å². The number of fused-ring (bicyclic) bond motifs is 1. The lowest BCUT2D eigenvalue weighted by Gasteiger charge is -2.46. The maximum Gasteiger partial charge on any atom is 0.352 e. The molecule has 57 heavy (non-hydrogen) atoms. The van der Waals surface area contributed by atoms with Gasteiger partial charge in [-0.2, -0.15) is 0 Å². The summed E-state index contributed by atoms with van der Waals surface area (Å²) in [6, 6.07) is 3.49. The van der Waals surface area contributed by atoms with Crippen molar-refractivity contribution in [3.63, 3.8) is 0 Å². The normalized spacial score (nSPS) is 18.9. The van der Waals surface area contributed by atoms with Gasteiger partial charge >= 0.3 is 5.97 Å². The van der Waals surface area contributed by atoms with E-state index in [4.69, 9.17) is 0 Å². The average Bonchev–Trinajstić information content (AvgIpc) is 3.38. The molecule has 0 bridgehead atoms. The Labute approximate surface area is 328 Å². The van der Waals surface area contributed by atoms with Crippen molar-refractivity contribution in [1.82, 2.24) is 25.3 Å². The Kier molecular flexibility index (Phi) is 13.8. The first-order chi connectivity index (χ1) is 26.6. The van der Waals surface area contributed by atoms with Gasteiger partial charge in [0.05, 0.1) is 29.2 Å². The number of likely N-dealkylation sites (N-methyl/N-ethyl adjacent to an activating group) is 1. The Morgan fingerprint density at radius 1 is 0.877 bits per heavy atom. The highest BCUT2D eigenvalue weighted by Gasteiger charge is 2.60. The number of rotatable bonds is 18. The van der Waals surface area contributed by atoms with Gasteiger partial charge in [-0.3, -0.25) is 24.1 Å². The molecule has 0 saturated carbocycles. The number of carboxylic acid groups (broad SMARTS) is 1. The number of aliphatic hydroxyl groups is 1. The Morgan fingerprint density at radius 2 is 1.35 bits per heavy atom. The fourth-order valence-electron chi connectivity index (χ4n) is 7.55. The number of carboxylic acids is 1. The van der Waals surface area contributed by atoms with Crippen molar-refractivity contribution < 1.29 is 63.4 Å². The number of phenols is 4. The third-order valence-corrected chi connectivity index (χ3v) is 11.0. The van der Waals surface area contributed by atoms with E-state index in [-0.39, 0.29) is 63.1 Å². The number of carbonyl (C=O) groups is 5. The zero-order chi connectivity index (χ0) is 42.7. The molecule has 8 N–H and O–H groups in total. The van der Waals surface area contributed by atoms with Crippen LogP contribution in [0.25, 0.3) is 0 Å². The van der Waals surface area contributed by atoms with Gasteiger partial charge in [0, 0.05) is 50.1 Å². The van der Waals surface area contributed by atoms with E-state index in [2.05, 4.69) is 10.6 Å². The van der Waals surface area contributed by atoms with Crippen LogP contribution in [0.3, 0.4) is 0 Å². The molecule has 0 radical (unpaired) electrons. The Balaban J connectivity index is 1.43. The predicted molar refractivity (Wildman–Crippen MR) is 200 cm³/mol. The Hall–Kier alpha value is -5.49. The summed E-state index contributed by atoms with van der Waals surface area (Å²) >= 11 is 0. The lowest BCUT2D eigenvalue weighted by atomic mass is 9.77. The summed E-state index contributed by atoms with van der Waals surface area (Å²) in [6.45, 7) is 9.22. The van der Waals surface area contributed by atoms with Gasteiger partial charge in [0.2, 0.25) is 11.8 Å². The van der Waals surface area contributed by atoms with Crippen LogP contribution in [0, 0.1) is 29.4 Å². The summed E-state index contributed by atoms with van der Waals surface area (Å²) in [7, 11) is 1.79. The van der Waals surface area contributed by atoms with E-state index < -0.39 is 99.0 Å². The predicted octanol–water partition coefficient (Wildman–Crippen LogP) is 2.49. The summed E-state index contributed by atoms with van der Waals surface area (Å²) in [5.74, 6) is -11.5. The number of phenolic OH excluding ortho intramolecular Hbond substituents is 4. The number of hydrogen-bond donors (Lipinski definition) is 8. The molecule has 0 spiro atoms. The van der Waals surface area contributed by atoms with Crippen LogP contribution < -0.4 is 10.6 Å². The van der Waals surface area contributed by atoms with Crippen molar-refractivity contribution >= 4 is 29.6 Å². The summed E-state index contributed by atoms with van der Waals surface area (Å²) < 4.78 is 28.7. The van der Waals surface area contributed by atoms with Crippen LogP contribution in [0.5, 0.6) is 23.0 Å². The van der Waals surface area contributed by atoms with E-state index in [1.165, 1.54) is 16.7 Å². The summed E-state index contributed by atoms with van der Waals surface area (Å²) in [5, 5.41) is 63.6. The fourth-order valence-corrected chi connectivity index (χ4v) is 7.55. The van der Waals surface area contributed by atoms with Gasteiger partial charge < -0.3 is 51.1 Å². The number of aliphatic hydroxyl groups excluding tert-OH is 1. The van der Waals surface area contributed by atoms with Crippen molar-refractivity contribution in [2.75, 3.05) is 39.8 Å². The second-order valence-corrected chi connectivity index (χ2v) is 15.3. The molecule has 2 aliphatic rings. The smallest absolute Gasteiger partial charge is 0.352 e. The van der Waals surface area contributed by atoms with Gasteiger partial charge in [-0.05, 0) is 76.9 Å². The van der Waals surface area contributed by atoms with E-state index in [0.29, 0.717) is 12.0 Å². The number of carbonyl (C=O) groups excluding carboxylic acids is 4. The molecule has 1 unspecified atom stereocenters. The molecule has 312 valence electrons. The van der Waals surface area contributed by atoms with Crippen LogP contribution in [0.15, 0.2) is 35.5 Å². The summed E-state index contributed by atoms with van der Waals surface area (Å²) in [4.78, 5) is 69.1. The van der Waals surface area contributed by atoms with E-state index in [0.717, 1.165) is 24.3 Å². The van der Waals surface area contributed by atoms with E-state index >= 15 is 0 Å². The Morgan fingerprint density at radius 3 is 1.79 bits per heavy atom. The van der Waals surface area contributed by atoms with Crippen LogP contribution in [-0.2, 0) is 14.4 Å². The van der Waals surface area contributed by atoms with Crippen LogP contribution in [0.4, 0.5) is 8.78 Å². The van der Waals surface area contributed by atoms with Crippen molar-refractivity contribution in [3.05, 3.63) is 58.3 Å². The van der Waals surface area contributed by atoms with Crippen molar-refractivity contribution in [1.29, 1.82) is 0 Å². The fraction of sp³-hybridized carbons (Fsp3) is 0.513. The highest BCUT2D eigenvalue weighted by molar-refractivity contribution is 6.00. The first-order valence-electron chi connectivity index (χ1n) is 18.6. The maximum atomic E-state index is 14.4. The molecular formula is C39H51F2N5O11. The molecule has 18 heteroatoms. The molecule has 1 saturated heterocycles. The molecule has 2 aromatic rings. The highest BCUT2D eigenvalue weighted by atomic mass is 19.1. The molecule has 0 aromatic heterocycles. The van der Waals surface area contributed by atoms with Gasteiger partial charge in [-0.15, -0.1) is 0 Å².